The molecule has 3 rings (SSSR count). The van der Waals surface area contributed by atoms with E-state index in [1.807, 2.05) is 30.3 Å². The maximum atomic E-state index is 13.5. The number of benzene rings is 2. The van der Waals surface area contributed by atoms with Crippen LogP contribution in [-0.2, 0) is 11.3 Å². The van der Waals surface area contributed by atoms with Crippen molar-refractivity contribution >= 4 is 11.8 Å². The van der Waals surface area contributed by atoms with Crippen LogP contribution in [0, 0.1) is 5.82 Å². The molecule has 0 amide bonds. The predicted molar refractivity (Wildman–Crippen MR) is 92.5 cm³/mol. The molecular formula is C18H17FN2O3S. The fourth-order valence-corrected chi connectivity index (χ4v) is 2.77. The molecule has 25 heavy (non-hydrogen) atoms. The maximum Gasteiger partial charge on any atom is 0.276 e. The van der Waals surface area contributed by atoms with Crippen molar-refractivity contribution in [2.75, 3.05) is 12.4 Å². The number of nitrogens with zero attached hydrogens (tertiary/aromatic N) is 2. The Morgan fingerprint density at radius 3 is 2.64 bits per heavy atom. The first-order valence-corrected chi connectivity index (χ1v) is 8.72. The largest absolute Gasteiger partial charge is 0.411 e. The topological polar surface area (TPSA) is 68.4 Å². The molecule has 1 atom stereocenters. The average Bonchev–Trinajstić information content (AvgIpc) is 3.11. The lowest BCUT2D eigenvalue weighted by molar-refractivity contribution is 0.0386. The first-order chi connectivity index (χ1) is 12.2. The molecule has 0 bridgehead atoms. The zero-order chi connectivity index (χ0) is 17.5. The minimum atomic E-state index is -0.719. The normalized spacial score (nSPS) is 12.2. The highest BCUT2D eigenvalue weighted by molar-refractivity contribution is 7.99. The monoisotopic (exact) mass is 360 g/mol. The molecule has 0 spiro atoms. The lowest BCUT2D eigenvalue weighted by Gasteiger charge is -2.10. The second-order valence-electron chi connectivity index (χ2n) is 5.31. The minimum Gasteiger partial charge on any atom is -0.411 e. The van der Waals surface area contributed by atoms with Crippen LogP contribution in [-0.4, -0.2) is 33.8 Å². The van der Waals surface area contributed by atoms with E-state index >= 15 is 0 Å². The van der Waals surface area contributed by atoms with Gasteiger partial charge in [-0.3, -0.25) is 0 Å². The van der Waals surface area contributed by atoms with Crippen molar-refractivity contribution in [3.63, 3.8) is 0 Å². The number of hydrogen-bond acceptors (Lipinski definition) is 6. The van der Waals surface area contributed by atoms with Crippen LogP contribution >= 0.6 is 11.8 Å². The summed E-state index contributed by atoms with van der Waals surface area (Å²) in [5, 5.41) is 18.3. The Morgan fingerprint density at radius 1 is 1.08 bits per heavy atom. The number of thioether (sulfide) groups is 1. The van der Waals surface area contributed by atoms with E-state index in [0.717, 1.165) is 5.56 Å². The fraction of sp³-hybridized carbons (Fsp3) is 0.222. The molecule has 0 aliphatic rings. The lowest BCUT2D eigenvalue weighted by Crippen LogP contribution is -2.18. The Morgan fingerprint density at radius 2 is 1.84 bits per heavy atom. The Labute approximate surface area is 148 Å². The zero-order valence-corrected chi connectivity index (χ0v) is 14.2. The van der Waals surface area contributed by atoms with Crippen LogP contribution in [0.25, 0.3) is 11.5 Å². The highest BCUT2D eigenvalue weighted by atomic mass is 32.2. The van der Waals surface area contributed by atoms with Gasteiger partial charge in [0.1, 0.15) is 5.82 Å². The van der Waals surface area contributed by atoms with Gasteiger partial charge in [-0.1, -0.05) is 48.2 Å². The molecule has 130 valence electrons. The zero-order valence-electron chi connectivity index (χ0n) is 13.3. The van der Waals surface area contributed by atoms with Crippen molar-refractivity contribution < 1.29 is 18.7 Å². The van der Waals surface area contributed by atoms with Gasteiger partial charge in [-0.05, 0) is 18.2 Å². The average molecular weight is 360 g/mol. The quantitative estimate of drug-likeness (QED) is 0.620. The van der Waals surface area contributed by atoms with E-state index < -0.39 is 6.10 Å². The molecule has 5 nitrogen and oxygen atoms in total. The van der Waals surface area contributed by atoms with Crippen molar-refractivity contribution in [3.05, 3.63) is 66.0 Å². The van der Waals surface area contributed by atoms with E-state index in [1.165, 1.54) is 17.8 Å². The van der Waals surface area contributed by atoms with Gasteiger partial charge in [0, 0.05) is 16.9 Å². The summed E-state index contributed by atoms with van der Waals surface area (Å²) in [6.45, 7) is 0.216. The third-order valence-corrected chi connectivity index (χ3v) is 4.32. The smallest absolute Gasteiger partial charge is 0.276 e. The van der Waals surface area contributed by atoms with Crippen LogP contribution in [0.5, 0.6) is 0 Å². The summed E-state index contributed by atoms with van der Waals surface area (Å²) < 4.78 is 24.4. The standard InChI is InChI=1S/C18H17FN2O3S/c19-16-9-5-4-8-14(16)10-23-11-15(22)12-25-18-21-20-17(24-18)13-6-2-1-3-7-13/h1-9,15,22H,10-12H2/t15-/m0/s1. The summed E-state index contributed by atoms with van der Waals surface area (Å²) >= 11 is 1.25. The van der Waals surface area contributed by atoms with Gasteiger partial charge in [0.25, 0.3) is 5.22 Å². The summed E-state index contributed by atoms with van der Waals surface area (Å²) in [5.41, 5.74) is 1.31. The number of aliphatic hydroxyl groups is 1. The highest BCUT2D eigenvalue weighted by Gasteiger charge is 2.12. The third kappa shape index (κ3) is 5.12. The minimum absolute atomic E-state index is 0.0982. The van der Waals surface area contributed by atoms with E-state index in [9.17, 15) is 9.50 Å². The maximum absolute atomic E-state index is 13.5. The molecule has 0 fully saturated rings. The molecule has 0 radical (unpaired) electrons. The SMILES string of the molecule is O[C@@H](COCc1ccccc1F)CSc1nnc(-c2ccccc2)o1. The fourth-order valence-electron chi connectivity index (χ4n) is 2.10. The van der Waals surface area contributed by atoms with E-state index in [-0.39, 0.29) is 19.0 Å². The van der Waals surface area contributed by atoms with Gasteiger partial charge in [0.15, 0.2) is 0 Å². The number of rotatable bonds is 8. The van der Waals surface area contributed by atoms with Crippen molar-refractivity contribution in [1.29, 1.82) is 0 Å². The van der Waals surface area contributed by atoms with Gasteiger partial charge in [-0.2, -0.15) is 0 Å². The Kier molecular flexibility index (Phi) is 6.16. The first kappa shape index (κ1) is 17.6. The molecule has 3 aromatic rings. The number of ether oxygens (including phenoxy) is 1. The van der Waals surface area contributed by atoms with Crippen LogP contribution in [0.3, 0.4) is 0 Å². The van der Waals surface area contributed by atoms with E-state index in [2.05, 4.69) is 10.2 Å². The molecule has 0 unspecified atom stereocenters. The molecule has 1 N–H and O–H groups in total. The van der Waals surface area contributed by atoms with E-state index in [0.29, 0.717) is 22.4 Å². The van der Waals surface area contributed by atoms with Crippen molar-refractivity contribution in [1.82, 2.24) is 10.2 Å². The third-order valence-electron chi connectivity index (χ3n) is 3.35. The number of aliphatic hydroxyl groups excluding tert-OH is 1. The second-order valence-corrected chi connectivity index (χ2v) is 6.28. The first-order valence-electron chi connectivity index (χ1n) is 7.73. The molecule has 0 aliphatic heterocycles. The molecular weight excluding hydrogens is 343 g/mol. The summed E-state index contributed by atoms with van der Waals surface area (Å²) in [5.74, 6) is 0.465. The number of aromatic nitrogens is 2. The summed E-state index contributed by atoms with van der Waals surface area (Å²) in [7, 11) is 0. The van der Waals surface area contributed by atoms with Crippen LogP contribution in [0.1, 0.15) is 5.56 Å². The van der Waals surface area contributed by atoms with Crippen molar-refractivity contribution in [2.24, 2.45) is 0 Å². The summed E-state index contributed by atoms with van der Waals surface area (Å²) in [6.07, 6.45) is -0.719. The van der Waals surface area contributed by atoms with Crippen LogP contribution in [0.4, 0.5) is 4.39 Å². The summed E-state index contributed by atoms with van der Waals surface area (Å²) in [4.78, 5) is 0. The van der Waals surface area contributed by atoms with Gasteiger partial charge >= 0.3 is 0 Å². The van der Waals surface area contributed by atoms with E-state index in [4.69, 9.17) is 9.15 Å². The van der Waals surface area contributed by atoms with Gasteiger partial charge < -0.3 is 14.3 Å². The molecule has 7 heteroatoms. The molecule has 1 aromatic heterocycles. The van der Waals surface area contributed by atoms with Gasteiger partial charge in [-0.15, -0.1) is 10.2 Å². The molecule has 1 heterocycles. The van der Waals surface area contributed by atoms with Gasteiger partial charge in [-0.25, -0.2) is 4.39 Å². The number of hydrogen-bond donors (Lipinski definition) is 1. The highest BCUT2D eigenvalue weighted by Crippen LogP contribution is 2.23. The Balaban J connectivity index is 1.43. The van der Waals surface area contributed by atoms with E-state index in [1.54, 1.807) is 18.2 Å². The number of halogens is 1. The Bertz CT molecular complexity index is 798. The van der Waals surface area contributed by atoms with Crippen LogP contribution < -0.4 is 0 Å². The predicted octanol–water partition coefficient (Wildman–Crippen LogP) is 3.55. The second kappa shape index (κ2) is 8.75. The molecule has 0 saturated heterocycles. The van der Waals surface area contributed by atoms with Crippen molar-refractivity contribution in [3.8, 4) is 11.5 Å². The van der Waals surface area contributed by atoms with Crippen LogP contribution in [0.2, 0.25) is 0 Å². The van der Waals surface area contributed by atoms with Gasteiger partial charge in [0.05, 0.1) is 19.3 Å². The summed E-state index contributed by atoms with van der Waals surface area (Å²) in [6, 6.07) is 15.9. The molecule has 0 saturated carbocycles. The molecule has 2 aromatic carbocycles. The van der Waals surface area contributed by atoms with Gasteiger partial charge in [0.2, 0.25) is 5.89 Å². The van der Waals surface area contributed by atoms with Crippen molar-refractivity contribution in [2.45, 2.75) is 17.9 Å². The molecule has 0 aliphatic carbocycles. The lowest BCUT2D eigenvalue weighted by atomic mass is 10.2. The Hall–Kier alpha value is -2.22. The van der Waals surface area contributed by atoms with Crippen LogP contribution in [0.15, 0.2) is 64.2 Å².